The minimum atomic E-state index is -0.516. The third kappa shape index (κ3) is 6.75. The highest BCUT2D eigenvalue weighted by Gasteiger charge is 2.17. The van der Waals surface area contributed by atoms with Gasteiger partial charge >= 0.3 is 5.97 Å². The van der Waals surface area contributed by atoms with Crippen molar-refractivity contribution >= 4 is 23.0 Å². The molecular weight excluding hydrogens is 396 g/mol. The predicted octanol–water partition coefficient (Wildman–Crippen LogP) is 3.79. The molecule has 0 radical (unpaired) electrons. The molecule has 7 nitrogen and oxygen atoms in total. The average molecular weight is 420 g/mol. The first-order chi connectivity index (χ1) is 15.1. The highest BCUT2D eigenvalue weighted by molar-refractivity contribution is 6.47. The van der Waals surface area contributed by atoms with Crippen molar-refractivity contribution in [2.24, 2.45) is 10.3 Å². The van der Waals surface area contributed by atoms with Crippen LogP contribution in [0.15, 0.2) is 71.2 Å². The number of oxime groups is 2. The third-order valence-electron chi connectivity index (χ3n) is 4.06. The van der Waals surface area contributed by atoms with Gasteiger partial charge in [-0.2, -0.15) is 0 Å². The zero-order valence-corrected chi connectivity index (χ0v) is 17.7. The fraction of sp³-hybridized carbons (Fsp3) is 0.208. The molecule has 0 atom stereocenters. The minimum Gasteiger partial charge on any atom is -0.503 e. The fourth-order valence-corrected chi connectivity index (χ4v) is 2.66. The number of benzene rings is 2. The van der Waals surface area contributed by atoms with E-state index in [1.165, 1.54) is 20.5 Å². The predicted molar refractivity (Wildman–Crippen MR) is 119 cm³/mol. The van der Waals surface area contributed by atoms with Gasteiger partial charge in [-0.15, -0.1) is 6.42 Å². The Balaban J connectivity index is 2.24. The van der Waals surface area contributed by atoms with E-state index in [0.717, 1.165) is 11.1 Å². The standard InChI is InChI=1S/C24H24N2O5/c1-5-15-30-26-23(19-11-7-6-8-12-19)18(2)25-31-16-20-13-9-10-14-21(20)22(17-28-3)24(27)29-4/h1,6-14,17H,15-16H2,2-4H3. The van der Waals surface area contributed by atoms with Crippen LogP contribution in [0, 0.1) is 12.3 Å². The number of esters is 1. The van der Waals surface area contributed by atoms with E-state index in [1.807, 2.05) is 48.5 Å². The number of carbonyl (C=O) groups excluding carboxylic acids is 1. The van der Waals surface area contributed by atoms with Gasteiger partial charge in [0.2, 0.25) is 0 Å². The summed E-state index contributed by atoms with van der Waals surface area (Å²) in [6, 6.07) is 16.7. The van der Waals surface area contributed by atoms with Crippen LogP contribution in [-0.2, 0) is 30.6 Å². The molecule has 7 heteroatoms. The van der Waals surface area contributed by atoms with Crippen molar-refractivity contribution < 1.29 is 23.9 Å². The summed E-state index contributed by atoms with van der Waals surface area (Å²) in [6.45, 7) is 1.90. The number of methoxy groups -OCH3 is 2. The van der Waals surface area contributed by atoms with E-state index in [4.69, 9.17) is 25.6 Å². The van der Waals surface area contributed by atoms with Crippen molar-refractivity contribution in [3.63, 3.8) is 0 Å². The van der Waals surface area contributed by atoms with Gasteiger partial charge in [0.05, 0.1) is 20.5 Å². The number of hydrogen-bond donors (Lipinski definition) is 0. The maximum absolute atomic E-state index is 12.1. The summed E-state index contributed by atoms with van der Waals surface area (Å²) in [6.07, 6.45) is 6.56. The Kier molecular flexibility index (Phi) is 9.37. The molecule has 0 amide bonds. The number of rotatable bonds is 10. The highest BCUT2D eigenvalue weighted by Crippen LogP contribution is 2.21. The second-order valence-corrected chi connectivity index (χ2v) is 6.15. The maximum Gasteiger partial charge on any atom is 0.341 e. The van der Waals surface area contributed by atoms with Crippen LogP contribution in [0.25, 0.3) is 5.57 Å². The van der Waals surface area contributed by atoms with Crippen LogP contribution in [0.5, 0.6) is 0 Å². The van der Waals surface area contributed by atoms with Crippen LogP contribution in [0.1, 0.15) is 23.6 Å². The largest absolute Gasteiger partial charge is 0.503 e. The number of nitrogens with zero attached hydrogens (tertiary/aromatic N) is 2. The van der Waals surface area contributed by atoms with E-state index in [2.05, 4.69) is 16.2 Å². The monoisotopic (exact) mass is 420 g/mol. The van der Waals surface area contributed by atoms with E-state index >= 15 is 0 Å². The van der Waals surface area contributed by atoms with Gasteiger partial charge in [0.25, 0.3) is 0 Å². The van der Waals surface area contributed by atoms with Crippen LogP contribution in [0.2, 0.25) is 0 Å². The number of hydrogen-bond acceptors (Lipinski definition) is 7. The Bertz CT molecular complexity index is 1000. The topological polar surface area (TPSA) is 78.7 Å². The van der Waals surface area contributed by atoms with Crippen LogP contribution in [-0.4, -0.2) is 38.2 Å². The summed E-state index contributed by atoms with van der Waals surface area (Å²) < 4.78 is 9.88. The van der Waals surface area contributed by atoms with E-state index in [1.54, 1.807) is 13.0 Å². The fourth-order valence-electron chi connectivity index (χ4n) is 2.66. The molecule has 160 valence electrons. The molecule has 2 aromatic carbocycles. The Hall–Kier alpha value is -4.05. The van der Waals surface area contributed by atoms with Gasteiger partial charge < -0.3 is 19.1 Å². The SMILES string of the molecule is C#CCON=C(C(C)=NOCc1ccccc1C(=COC)C(=O)OC)c1ccccc1. The second-order valence-electron chi connectivity index (χ2n) is 6.15. The molecule has 0 fully saturated rings. The first-order valence-electron chi connectivity index (χ1n) is 9.37. The van der Waals surface area contributed by atoms with Crippen LogP contribution in [0.4, 0.5) is 0 Å². The van der Waals surface area contributed by atoms with Crippen LogP contribution in [0.3, 0.4) is 0 Å². The summed E-state index contributed by atoms with van der Waals surface area (Å²) in [7, 11) is 2.77. The second kappa shape index (κ2) is 12.5. The molecule has 0 aromatic heterocycles. The Morgan fingerprint density at radius 1 is 1.03 bits per heavy atom. The minimum absolute atomic E-state index is 0.0417. The van der Waals surface area contributed by atoms with E-state index in [9.17, 15) is 4.79 Å². The lowest BCUT2D eigenvalue weighted by Crippen LogP contribution is -2.14. The van der Waals surface area contributed by atoms with Gasteiger partial charge in [0, 0.05) is 11.1 Å². The molecule has 0 bridgehead atoms. The average Bonchev–Trinajstić information content (AvgIpc) is 2.81. The lowest BCUT2D eigenvalue weighted by Gasteiger charge is -2.11. The molecule has 0 aliphatic carbocycles. The van der Waals surface area contributed by atoms with Gasteiger partial charge in [0.1, 0.15) is 23.6 Å². The van der Waals surface area contributed by atoms with Crippen LogP contribution >= 0.6 is 0 Å². The van der Waals surface area contributed by atoms with Gasteiger partial charge in [-0.3, -0.25) is 0 Å². The van der Waals surface area contributed by atoms with Crippen molar-refractivity contribution in [2.45, 2.75) is 13.5 Å². The van der Waals surface area contributed by atoms with Gasteiger partial charge in [-0.25, -0.2) is 4.79 Å². The lowest BCUT2D eigenvalue weighted by atomic mass is 10.0. The third-order valence-corrected chi connectivity index (χ3v) is 4.06. The molecule has 0 saturated carbocycles. The molecule has 0 saturated heterocycles. The van der Waals surface area contributed by atoms with Gasteiger partial charge in [-0.05, 0) is 12.5 Å². The molecule has 0 N–H and O–H groups in total. The highest BCUT2D eigenvalue weighted by atomic mass is 16.6. The smallest absolute Gasteiger partial charge is 0.341 e. The first kappa shape index (κ1) is 23.2. The summed E-state index contributed by atoms with van der Waals surface area (Å²) in [5.41, 5.74) is 3.44. The summed E-state index contributed by atoms with van der Waals surface area (Å²) in [4.78, 5) is 22.8. The molecule has 0 spiro atoms. The van der Waals surface area contributed by atoms with Crippen molar-refractivity contribution in [3.05, 3.63) is 77.5 Å². The van der Waals surface area contributed by atoms with Crippen LogP contribution < -0.4 is 0 Å². The summed E-state index contributed by atoms with van der Waals surface area (Å²) in [5, 5.41) is 8.26. The molecule has 2 rings (SSSR count). The molecule has 0 aliphatic rings. The molecule has 0 aliphatic heterocycles. The Morgan fingerprint density at radius 3 is 2.42 bits per heavy atom. The van der Waals surface area contributed by atoms with Crippen molar-refractivity contribution in [1.82, 2.24) is 0 Å². The molecule has 0 unspecified atom stereocenters. The van der Waals surface area contributed by atoms with Crippen molar-refractivity contribution in [1.29, 1.82) is 0 Å². The van der Waals surface area contributed by atoms with E-state index in [0.29, 0.717) is 17.0 Å². The molecule has 31 heavy (non-hydrogen) atoms. The Morgan fingerprint density at radius 2 is 1.74 bits per heavy atom. The van der Waals surface area contributed by atoms with E-state index < -0.39 is 5.97 Å². The Labute approximate surface area is 181 Å². The zero-order chi connectivity index (χ0) is 22.5. The van der Waals surface area contributed by atoms with Crippen molar-refractivity contribution in [2.75, 3.05) is 20.8 Å². The summed E-state index contributed by atoms with van der Waals surface area (Å²) in [5.74, 6) is 1.85. The summed E-state index contributed by atoms with van der Waals surface area (Å²) >= 11 is 0. The maximum atomic E-state index is 12.1. The first-order valence-corrected chi connectivity index (χ1v) is 9.37. The number of ether oxygens (including phenoxy) is 2. The number of carbonyl (C=O) groups is 1. The number of terminal acetylenes is 1. The van der Waals surface area contributed by atoms with Gasteiger partial charge in [-0.1, -0.05) is 70.8 Å². The van der Waals surface area contributed by atoms with Gasteiger partial charge in [0.15, 0.2) is 6.61 Å². The normalized spacial score (nSPS) is 12.0. The lowest BCUT2D eigenvalue weighted by molar-refractivity contribution is -0.133. The quantitative estimate of drug-likeness (QED) is 0.111. The zero-order valence-electron chi connectivity index (χ0n) is 17.7. The molecule has 2 aromatic rings. The molecule has 0 heterocycles. The molecular formula is C24H24N2O5. The van der Waals surface area contributed by atoms with E-state index in [-0.39, 0.29) is 18.8 Å². The van der Waals surface area contributed by atoms with Crippen molar-refractivity contribution in [3.8, 4) is 12.3 Å².